The maximum atomic E-state index is 13.4. The number of piperidine rings is 1. The number of hydrogen-bond acceptors (Lipinski definition) is 9. The van der Waals surface area contributed by atoms with Gasteiger partial charge in [-0.1, -0.05) is 36.4 Å². The van der Waals surface area contributed by atoms with Crippen LogP contribution in [0, 0.1) is 0 Å². The summed E-state index contributed by atoms with van der Waals surface area (Å²) in [5, 5.41) is 14.5. The topological polar surface area (TPSA) is 161 Å². The van der Waals surface area contributed by atoms with Crippen LogP contribution in [-0.4, -0.2) is 67.9 Å². The van der Waals surface area contributed by atoms with Crippen molar-refractivity contribution in [3.8, 4) is 0 Å². The van der Waals surface area contributed by atoms with Crippen LogP contribution in [0.1, 0.15) is 72.9 Å². The molecule has 0 bridgehead atoms. The molecular formula is C33H36ClN7O6. The van der Waals surface area contributed by atoms with Crippen LogP contribution >= 0.6 is 11.8 Å². The number of carbonyl (C=O) groups is 3. The molecule has 13 nitrogen and oxygen atoms in total. The Labute approximate surface area is 276 Å². The van der Waals surface area contributed by atoms with E-state index in [2.05, 4.69) is 20.3 Å². The van der Waals surface area contributed by atoms with Crippen LogP contribution in [0.25, 0.3) is 11.0 Å². The Bertz CT molecular complexity index is 1840. The molecule has 3 heterocycles. The molecule has 0 saturated carbocycles. The Morgan fingerprint density at radius 2 is 1.77 bits per heavy atom. The summed E-state index contributed by atoms with van der Waals surface area (Å²) >= 11 is 6.40. The summed E-state index contributed by atoms with van der Waals surface area (Å²) in [4.78, 5) is 65.1. The lowest BCUT2D eigenvalue weighted by Gasteiger charge is -2.32. The molecule has 4 aromatic rings. The van der Waals surface area contributed by atoms with E-state index in [1.807, 2.05) is 31.7 Å². The highest BCUT2D eigenvalue weighted by molar-refractivity contribution is 6.39. The Kier molecular flexibility index (Phi) is 9.77. The minimum Gasteiger partial charge on any atom is -0.444 e. The van der Waals surface area contributed by atoms with Crippen LogP contribution in [-0.2, 0) is 4.74 Å². The number of ether oxygens (including phenoxy) is 1. The van der Waals surface area contributed by atoms with Gasteiger partial charge in [0.25, 0.3) is 17.4 Å². The number of anilines is 2. The zero-order chi connectivity index (χ0) is 33.9. The number of hydrogen-bond donors (Lipinski definition) is 3. The van der Waals surface area contributed by atoms with E-state index in [-0.39, 0.29) is 28.5 Å². The van der Waals surface area contributed by atoms with Crippen LogP contribution in [0.4, 0.5) is 16.4 Å². The van der Waals surface area contributed by atoms with E-state index in [0.29, 0.717) is 42.3 Å². The number of halogens is 1. The number of H-pyrrole nitrogens is 1. The molecule has 0 aliphatic carbocycles. The minimum absolute atomic E-state index is 0.0485. The fourth-order valence-electron chi connectivity index (χ4n) is 5.16. The largest absolute Gasteiger partial charge is 0.444 e. The summed E-state index contributed by atoms with van der Waals surface area (Å²) in [5.74, 6) is -1.12. The van der Waals surface area contributed by atoms with Crippen LogP contribution < -0.4 is 20.2 Å². The van der Waals surface area contributed by atoms with Crippen LogP contribution in [0.3, 0.4) is 0 Å². The molecule has 1 aliphatic rings. The number of pyridine rings is 1. The number of amides is 3. The number of aromatic nitrogens is 3. The highest BCUT2D eigenvalue weighted by Crippen LogP contribution is 2.25. The van der Waals surface area contributed by atoms with Gasteiger partial charge in [-0.25, -0.2) is 19.3 Å². The van der Waals surface area contributed by atoms with Crippen molar-refractivity contribution >= 4 is 52.4 Å². The van der Waals surface area contributed by atoms with E-state index in [9.17, 15) is 24.4 Å². The van der Waals surface area contributed by atoms with Gasteiger partial charge in [0.15, 0.2) is 0 Å². The Hall–Kier alpha value is -5.01. The van der Waals surface area contributed by atoms with Crippen molar-refractivity contribution in [1.82, 2.24) is 25.3 Å². The van der Waals surface area contributed by atoms with Crippen molar-refractivity contribution in [1.29, 1.82) is 0 Å². The Morgan fingerprint density at radius 3 is 2.45 bits per heavy atom. The number of benzene rings is 2. The quantitative estimate of drug-likeness (QED) is 0.137. The molecule has 5 rings (SSSR count). The molecule has 1 unspecified atom stereocenters. The van der Waals surface area contributed by atoms with Crippen molar-refractivity contribution in [2.45, 2.75) is 58.2 Å². The maximum Gasteiger partial charge on any atom is 0.407 e. The van der Waals surface area contributed by atoms with E-state index in [4.69, 9.17) is 16.5 Å². The van der Waals surface area contributed by atoms with Gasteiger partial charge in [-0.15, -0.1) is 0 Å². The fourth-order valence-corrected chi connectivity index (χ4v) is 5.35. The second kappa shape index (κ2) is 13.8. The van der Waals surface area contributed by atoms with Gasteiger partial charge < -0.3 is 19.9 Å². The van der Waals surface area contributed by atoms with E-state index >= 15 is 0 Å². The summed E-state index contributed by atoms with van der Waals surface area (Å²) < 4.78 is 6.08. The third-order valence-corrected chi connectivity index (χ3v) is 8.01. The number of nitrogens with zero attached hydrogens (tertiary/aromatic N) is 5. The fraction of sp³-hybridized carbons (Fsp3) is 0.333. The highest BCUT2D eigenvalue weighted by atomic mass is 35.5. The van der Waals surface area contributed by atoms with Gasteiger partial charge in [0.2, 0.25) is 5.95 Å². The van der Waals surface area contributed by atoms with Crippen molar-refractivity contribution < 1.29 is 24.3 Å². The predicted octanol–water partition coefficient (Wildman–Crippen LogP) is 5.20. The molecule has 47 heavy (non-hydrogen) atoms. The second-order valence-electron chi connectivity index (χ2n) is 12.3. The molecule has 2 aromatic heterocycles. The zero-order valence-electron chi connectivity index (χ0n) is 26.4. The molecular weight excluding hydrogens is 626 g/mol. The highest BCUT2D eigenvalue weighted by Gasteiger charge is 2.27. The molecule has 0 radical (unpaired) electrons. The lowest BCUT2D eigenvalue weighted by molar-refractivity contribution is -0.0854. The zero-order valence-corrected chi connectivity index (χ0v) is 27.2. The van der Waals surface area contributed by atoms with Crippen molar-refractivity contribution in [2.75, 3.05) is 22.4 Å². The average Bonchev–Trinajstić information content (AvgIpc) is 3.06. The summed E-state index contributed by atoms with van der Waals surface area (Å²) in [5.41, 5.74) is -0.349. The number of carbonyl (C=O) groups excluding carboxylic acids is 3. The van der Waals surface area contributed by atoms with Crippen molar-refractivity contribution in [3.63, 3.8) is 0 Å². The minimum atomic E-state index is -0.832. The lowest BCUT2D eigenvalue weighted by atomic mass is 10.1. The first-order valence-electron chi connectivity index (χ1n) is 15.1. The molecule has 2 aromatic carbocycles. The number of alkyl carbamates (subject to hydrolysis) is 1. The summed E-state index contributed by atoms with van der Waals surface area (Å²) in [6.45, 7) is 8.27. The molecule has 246 valence electrons. The second-order valence-corrected chi connectivity index (χ2v) is 12.6. The van der Waals surface area contributed by atoms with Gasteiger partial charge in [-0.05, 0) is 70.4 Å². The molecule has 1 fully saturated rings. The van der Waals surface area contributed by atoms with Crippen molar-refractivity contribution in [3.05, 3.63) is 93.9 Å². The van der Waals surface area contributed by atoms with Gasteiger partial charge >= 0.3 is 6.09 Å². The van der Waals surface area contributed by atoms with Gasteiger partial charge in [0, 0.05) is 48.1 Å². The normalized spacial score (nSPS) is 14.4. The Balaban J connectivity index is 1.26. The van der Waals surface area contributed by atoms with Gasteiger partial charge in [-0.2, -0.15) is 4.98 Å². The molecule has 3 amide bonds. The van der Waals surface area contributed by atoms with Gasteiger partial charge in [0.1, 0.15) is 16.8 Å². The average molecular weight is 662 g/mol. The van der Waals surface area contributed by atoms with Crippen molar-refractivity contribution in [2.24, 2.45) is 0 Å². The van der Waals surface area contributed by atoms with Crippen LogP contribution in [0.15, 0.2) is 71.7 Å². The number of hydroxylamine groups is 2. The molecule has 1 saturated heterocycles. The predicted molar refractivity (Wildman–Crippen MR) is 177 cm³/mol. The molecule has 14 heteroatoms. The first kappa shape index (κ1) is 33.4. The van der Waals surface area contributed by atoms with Gasteiger partial charge in [-0.3, -0.25) is 19.6 Å². The lowest BCUT2D eigenvalue weighted by Crippen LogP contribution is -2.46. The monoisotopic (exact) mass is 661 g/mol. The summed E-state index contributed by atoms with van der Waals surface area (Å²) in [6.07, 6.45) is 2.37. The number of aromatic amines is 1. The van der Waals surface area contributed by atoms with Crippen LogP contribution in [0.5, 0.6) is 0 Å². The first-order chi connectivity index (χ1) is 22.3. The Morgan fingerprint density at radius 1 is 1.06 bits per heavy atom. The van der Waals surface area contributed by atoms with Crippen LogP contribution in [0.2, 0.25) is 0 Å². The summed E-state index contributed by atoms with van der Waals surface area (Å²) in [7, 11) is 0. The third kappa shape index (κ3) is 7.87. The standard InChI is InChI=1S/C33H36ClN7O6/c1-20(21-9-6-5-7-10-21)41(46)29(43)22-11-8-12-25(17-22)40(34)30(44)26-18-23-19-35-31(38-27(23)37-28(26)42)39-15-13-24(14-16-39)36-32(45)47-33(2,3)4/h5-12,17-20,24,46H,13-16H2,1-4H3,(H,36,45)(H,35,37,38,42). The smallest absolute Gasteiger partial charge is 0.407 e. The van der Waals surface area contributed by atoms with Gasteiger partial charge in [0.05, 0.1) is 11.7 Å². The first-order valence-corrected chi connectivity index (χ1v) is 15.5. The van der Waals surface area contributed by atoms with E-state index in [1.54, 1.807) is 31.2 Å². The SMILES string of the molecule is CC(c1ccccc1)N(O)C(=O)c1cccc(N(Cl)C(=O)c2cc3cnc(N4CCC(NC(=O)OC(C)(C)C)CC4)nc3[nH]c2=O)c1. The number of nitrogens with one attached hydrogen (secondary N) is 2. The number of rotatable bonds is 7. The molecule has 3 N–H and O–H groups in total. The summed E-state index contributed by atoms with van der Waals surface area (Å²) in [6, 6.07) is 15.6. The third-order valence-electron chi connectivity index (χ3n) is 7.66. The van der Waals surface area contributed by atoms with E-state index in [0.717, 1.165) is 9.98 Å². The molecule has 1 aliphatic heterocycles. The number of fused-ring (bicyclic) bond motifs is 1. The maximum absolute atomic E-state index is 13.4. The molecule has 1 atom stereocenters. The van der Waals surface area contributed by atoms with E-state index in [1.165, 1.54) is 36.5 Å². The molecule has 0 spiro atoms. The van der Waals surface area contributed by atoms with E-state index < -0.39 is 35.1 Å².